The minimum Gasteiger partial charge on any atom is -0.496 e. The topological polar surface area (TPSA) is 73.9 Å². The molecular weight excluding hydrogens is 450 g/mol. The van der Waals surface area contributed by atoms with Crippen molar-refractivity contribution in [2.75, 3.05) is 19.0 Å². The van der Waals surface area contributed by atoms with Gasteiger partial charge in [-0.2, -0.15) is 0 Å². The number of nitrogens with one attached hydrogen (secondary N) is 1. The Morgan fingerprint density at radius 2 is 1.70 bits per heavy atom. The fraction of sp³-hybridized carbons (Fsp3) is 0.130. The molecule has 0 unspecified atom stereocenters. The van der Waals surface area contributed by atoms with Gasteiger partial charge in [-0.15, -0.1) is 0 Å². The van der Waals surface area contributed by atoms with Gasteiger partial charge in [0.1, 0.15) is 17.2 Å². The molecular formula is C23H20BrNO5. The van der Waals surface area contributed by atoms with Crippen LogP contribution in [0.25, 0.3) is 0 Å². The highest BCUT2D eigenvalue weighted by molar-refractivity contribution is 9.10. The summed E-state index contributed by atoms with van der Waals surface area (Å²) in [5.74, 6) is 0.567. The molecule has 0 spiro atoms. The molecule has 0 bridgehead atoms. The number of anilines is 1. The van der Waals surface area contributed by atoms with Crippen LogP contribution in [0.2, 0.25) is 0 Å². The molecule has 3 aromatic rings. The first-order valence-corrected chi connectivity index (χ1v) is 9.89. The van der Waals surface area contributed by atoms with Crippen molar-refractivity contribution in [1.29, 1.82) is 0 Å². The Kier molecular flexibility index (Phi) is 7.08. The third kappa shape index (κ3) is 5.61. The van der Waals surface area contributed by atoms with E-state index in [-0.39, 0.29) is 12.5 Å². The maximum Gasteiger partial charge on any atom is 0.349 e. The number of aryl methyl sites for hydroxylation is 1. The van der Waals surface area contributed by atoms with Crippen LogP contribution in [-0.2, 0) is 4.79 Å². The summed E-state index contributed by atoms with van der Waals surface area (Å²) in [4.78, 5) is 24.5. The van der Waals surface area contributed by atoms with Gasteiger partial charge in [0, 0.05) is 5.69 Å². The second-order valence-corrected chi connectivity index (χ2v) is 7.23. The van der Waals surface area contributed by atoms with Crippen molar-refractivity contribution in [2.24, 2.45) is 0 Å². The number of halogens is 1. The minimum absolute atomic E-state index is 0.228. The van der Waals surface area contributed by atoms with Crippen LogP contribution in [0, 0.1) is 6.92 Å². The van der Waals surface area contributed by atoms with Gasteiger partial charge in [0.15, 0.2) is 6.61 Å². The summed E-state index contributed by atoms with van der Waals surface area (Å²) >= 11 is 3.40. The average Bonchev–Trinajstić information content (AvgIpc) is 2.74. The Hall–Kier alpha value is -3.32. The smallest absolute Gasteiger partial charge is 0.349 e. The van der Waals surface area contributed by atoms with E-state index in [0.29, 0.717) is 28.5 Å². The molecule has 3 rings (SSSR count). The molecule has 0 aliphatic heterocycles. The van der Waals surface area contributed by atoms with E-state index in [0.717, 1.165) is 10.0 Å². The molecule has 0 aliphatic rings. The maximum atomic E-state index is 12.4. The summed E-state index contributed by atoms with van der Waals surface area (Å²) in [5, 5.41) is 2.78. The Morgan fingerprint density at radius 1 is 0.967 bits per heavy atom. The van der Waals surface area contributed by atoms with Crippen LogP contribution in [0.5, 0.6) is 17.2 Å². The number of ether oxygens (including phenoxy) is 3. The van der Waals surface area contributed by atoms with Crippen LogP contribution in [0.1, 0.15) is 15.9 Å². The van der Waals surface area contributed by atoms with Crippen molar-refractivity contribution in [2.45, 2.75) is 6.92 Å². The number of esters is 1. The second-order valence-electron chi connectivity index (χ2n) is 6.38. The van der Waals surface area contributed by atoms with E-state index >= 15 is 0 Å². The van der Waals surface area contributed by atoms with Crippen LogP contribution in [0.15, 0.2) is 71.2 Å². The van der Waals surface area contributed by atoms with Gasteiger partial charge >= 0.3 is 5.97 Å². The lowest BCUT2D eigenvalue weighted by Crippen LogP contribution is -2.18. The molecule has 0 saturated carbocycles. The summed E-state index contributed by atoms with van der Waals surface area (Å²) < 4.78 is 16.7. The Labute approximate surface area is 182 Å². The SMILES string of the molecule is COc1ccccc1C(=O)Nc1ccc(OC(=O)COc2ccc(C)cc2Br)cc1. The second kappa shape index (κ2) is 9.93. The lowest BCUT2D eigenvalue weighted by molar-refractivity contribution is -0.136. The first-order chi connectivity index (χ1) is 14.5. The zero-order valence-corrected chi connectivity index (χ0v) is 18.1. The van der Waals surface area contributed by atoms with Gasteiger partial charge in [0.2, 0.25) is 0 Å². The molecule has 0 fully saturated rings. The molecule has 0 heterocycles. The molecule has 154 valence electrons. The van der Waals surface area contributed by atoms with Crippen molar-refractivity contribution in [3.8, 4) is 17.2 Å². The summed E-state index contributed by atoms with van der Waals surface area (Å²) in [5.41, 5.74) is 2.06. The number of hydrogen-bond donors (Lipinski definition) is 1. The fourth-order valence-corrected chi connectivity index (χ4v) is 3.27. The van der Waals surface area contributed by atoms with Gasteiger partial charge in [-0.25, -0.2) is 4.79 Å². The molecule has 0 aromatic heterocycles. The first kappa shape index (κ1) is 21.4. The van der Waals surface area contributed by atoms with Gasteiger partial charge in [-0.1, -0.05) is 18.2 Å². The fourth-order valence-electron chi connectivity index (χ4n) is 2.66. The number of carbonyl (C=O) groups is 2. The molecule has 0 radical (unpaired) electrons. The molecule has 0 atom stereocenters. The molecule has 1 amide bonds. The number of amides is 1. The quantitative estimate of drug-likeness (QED) is 0.389. The van der Waals surface area contributed by atoms with Crippen molar-refractivity contribution >= 4 is 33.5 Å². The highest BCUT2D eigenvalue weighted by Gasteiger charge is 2.12. The number of carbonyl (C=O) groups excluding carboxylic acids is 2. The van der Waals surface area contributed by atoms with Crippen molar-refractivity contribution < 1.29 is 23.8 Å². The van der Waals surface area contributed by atoms with E-state index in [2.05, 4.69) is 21.2 Å². The van der Waals surface area contributed by atoms with Gasteiger partial charge < -0.3 is 19.5 Å². The van der Waals surface area contributed by atoms with E-state index in [4.69, 9.17) is 14.2 Å². The van der Waals surface area contributed by atoms with Crippen molar-refractivity contribution in [1.82, 2.24) is 0 Å². The summed E-state index contributed by atoms with van der Waals surface area (Å²) in [7, 11) is 1.51. The number of para-hydroxylation sites is 1. The van der Waals surface area contributed by atoms with Crippen molar-refractivity contribution in [3.63, 3.8) is 0 Å². The summed E-state index contributed by atoms with van der Waals surface area (Å²) in [6, 6.07) is 19.0. The molecule has 3 aromatic carbocycles. The maximum absolute atomic E-state index is 12.4. The van der Waals surface area contributed by atoms with Crippen LogP contribution in [0.4, 0.5) is 5.69 Å². The largest absolute Gasteiger partial charge is 0.496 e. The van der Waals surface area contributed by atoms with E-state index in [1.165, 1.54) is 7.11 Å². The van der Waals surface area contributed by atoms with Crippen LogP contribution >= 0.6 is 15.9 Å². The first-order valence-electron chi connectivity index (χ1n) is 9.10. The predicted molar refractivity (Wildman–Crippen MR) is 117 cm³/mol. The number of methoxy groups -OCH3 is 1. The zero-order valence-electron chi connectivity index (χ0n) is 16.5. The van der Waals surface area contributed by atoms with E-state index in [9.17, 15) is 9.59 Å². The monoisotopic (exact) mass is 469 g/mol. The number of benzene rings is 3. The van der Waals surface area contributed by atoms with E-state index < -0.39 is 5.97 Å². The van der Waals surface area contributed by atoms with Gasteiger partial charge in [-0.3, -0.25) is 4.79 Å². The average molecular weight is 470 g/mol. The van der Waals surface area contributed by atoms with Gasteiger partial charge in [0.05, 0.1) is 17.1 Å². The molecule has 6 nitrogen and oxygen atoms in total. The lowest BCUT2D eigenvalue weighted by Gasteiger charge is -2.10. The van der Waals surface area contributed by atoms with Gasteiger partial charge in [-0.05, 0) is 76.9 Å². The Morgan fingerprint density at radius 3 is 2.40 bits per heavy atom. The van der Waals surface area contributed by atoms with E-state index in [1.54, 1.807) is 54.6 Å². The molecule has 0 aliphatic carbocycles. The normalized spacial score (nSPS) is 10.2. The van der Waals surface area contributed by atoms with Crippen LogP contribution < -0.4 is 19.5 Å². The lowest BCUT2D eigenvalue weighted by atomic mass is 10.2. The van der Waals surface area contributed by atoms with E-state index in [1.807, 2.05) is 19.1 Å². The zero-order chi connectivity index (χ0) is 21.5. The van der Waals surface area contributed by atoms with Crippen LogP contribution in [-0.4, -0.2) is 25.6 Å². The molecule has 7 heteroatoms. The Bertz CT molecular complexity index is 1050. The van der Waals surface area contributed by atoms with Gasteiger partial charge in [0.25, 0.3) is 5.91 Å². The Balaban J connectivity index is 1.55. The minimum atomic E-state index is -0.534. The van der Waals surface area contributed by atoms with Crippen molar-refractivity contribution in [3.05, 3.63) is 82.3 Å². The third-order valence-corrected chi connectivity index (χ3v) is 4.75. The highest BCUT2D eigenvalue weighted by Crippen LogP contribution is 2.26. The summed E-state index contributed by atoms with van der Waals surface area (Å²) in [6.07, 6.45) is 0. The third-order valence-electron chi connectivity index (χ3n) is 4.13. The van der Waals surface area contributed by atoms with Crippen LogP contribution in [0.3, 0.4) is 0 Å². The number of rotatable bonds is 7. The molecule has 1 N–H and O–H groups in total. The summed E-state index contributed by atoms with van der Waals surface area (Å²) in [6.45, 7) is 1.74. The molecule has 0 saturated heterocycles. The highest BCUT2D eigenvalue weighted by atomic mass is 79.9. The predicted octanol–water partition coefficient (Wildman–Crippen LogP) is 5.00. The standard InChI is InChI=1S/C23H20BrNO5/c1-15-7-12-21(19(24)13-15)29-14-22(26)30-17-10-8-16(9-11-17)25-23(27)18-5-3-4-6-20(18)28-2/h3-13H,14H2,1-2H3,(H,25,27). The number of hydrogen-bond acceptors (Lipinski definition) is 5. The molecule has 30 heavy (non-hydrogen) atoms.